The molecule has 22 heavy (non-hydrogen) atoms. The molecule has 0 radical (unpaired) electrons. The Bertz CT molecular complexity index is 683. The topological polar surface area (TPSA) is 61.9 Å². The zero-order chi connectivity index (χ0) is 15.4. The number of nitrogens with zero attached hydrogens (tertiary/aromatic N) is 2. The summed E-state index contributed by atoms with van der Waals surface area (Å²) in [6, 6.07) is 6.15. The van der Waals surface area contributed by atoms with E-state index in [1.165, 1.54) is 17.5 Å². The number of hydrogen-bond acceptors (Lipinski definition) is 4. The summed E-state index contributed by atoms with van der Waals surface area (Å²) in [4.78, 5) is 4.77. The van der Waals surface area contributed by atoms with Gasteiger partial charge in [0, 0.05) is 5.69 Å². The zero-order valence-electron chi connectivity index (χ0n) is 13.0. The fraction of sp³-hybridized carbons (Fsp3) is 0.444. The molecule has 4 heteroatoms. The summed E-state index contributed by atoms with van der Waals surface area (Å²) in [6.07, 6.45) is 8.12. The number of rotatable bonds is 5. The molecule has 0 unspecified atom stereocenters. The highest BCUT2D eigenvalue weighted by molar-refractivity contribution is 5.60. The fourth-order valence-electron chi connectivity index (χ4n) is 3.18. The van der Waals surface area contributed by atoms with Crippen LogP contribution in [0.5, 0.6) is 0 Å². The van der Waals surface area contributed by atoms with Crippen LogP contribution in [0.1, 0.15) is 54.3 Å². The molecule has 0 bridgehead atoms. The molecular formula is C18H21N3O. The second-order valence-corrected chi connectivity index (χ2v) is 5.74. The highest BCUT2D eigenvalue weighted by atomic mass is 16.3. The molecule has 0 aromatic carbocycles. The number of anilines is 1. The third-order valence-corrected chi connectivity index (χ3v) is 4.21. The van der Waals surface area contributed by atoms with Gasteiger partial charge in [-0.15, -0.1) is 0 Å². The van der Waals surface area contributed by atoms with Gasteiger partial charge < -0.3 is 9.73 Å². The Morgan fingerprint density at radius 2 is 2.14 bits per heavy atom. The lowest BCUT2D eigenvalue weighted by Crippen LogP contribution is -2.14. The van der Waals surface area contributed by atoms with Gasteiger partial charge in [-0.3, -0.25) is 0 Å². The van der Waals surface area contributed by atoms with Crippen LogP contribution in [0.25, 0.3) is 0 Å². The van der Waals surface area contributed by atoms with Gasteiger partial charge in [-0.1, -0.05) is 13.3 Å². The first-order valence-electron chi connectivity index (χ1n) is 8.04. The first kappa shape index (κ1) is 14.6. The van der Waals surface area contributed by atoms with Crippen LogP contribution in [0.4, 0.5) is 5.82 Å². The molecule has 114 valence electrons. The monoisotopic (exact) mass is 295 g/mol. The third kappa shape index (κ3) is 2.85. The molecule has 1 aliphatic rings. The molecule has 1 N–H and O–H groups in total. The molecule has 0 saturated heterocycles. The van der Waals surface area contributed by atoms with E-state index in [2.05, 4.69) is 18.3 Å². The van der Waals surface area contributed by atoms with Crippen LogP contribution >= 0.6 is 0 Å². The van der Waals surface area contributed by atoms with Crippen molar-refractivity contribution in [2.45, 2.75) is 52.0 Å². The smallest absolute Gasteiger partial charge is 0.144 e. The van der Waals surface area contributed by atoms with E-state index in [1.807, 2.05) is 12.1 Å². The number of furan rings is 1. The van der Waals surface area contributed by atoms with E-state index in [1.54, 1.807) is 6.26 Å². The van der Waals surface area contributed by atoms with Crippen molar-refractivity contribution in [2.24, 2.45) is 0 Å². The summed E-state index contributed by atoms with van der Waals surface area (Å²) in [6.45, 7) is 2.73. The van der Waals surface area contributed by atoms with Crippen molar-refractivity contribution in [1.29, 1.82) is 5.26 Å². The number of pyridine rings is 1. The van der Waals surface area contributed by atoms with Crippen molar-refractivity contribution in [3.63, 3.8) is 0 Å². The second-order valence-electron chi connectivity index (χ2n) is 5.74. The fourth-order valence-corrected chi connectivity index (χ4v) is 3.18. The quantitative estimate of drug-likeness (QED) is 0.906. The van der Waals surface area contributed by atoms with Gasteiger partial charge in [0.05, 0.1) is 18.4 Å². The number of fused-ring (bicyclic) bond motifs is 1. The maximum Gasteiger partial charge on any atom is 0.144 e. The number of hydrogen-bond donors (Lipinski definition) is 1. The van der Waals surface area contributed by atoms with Gasteiger partial charge in [0.1, 0.15) is 17.6 Å². The molecule has 0 saturated carbocycles. The zero-order valence-corrected chi connectivity index (χ0v) is 13.0. The van der Waals surface area contributed by atoms with Crippen LogP contribution in [0.2, 0.25) is 0 Å². The standard InChI is InChI=1S/C18H21N3O/c1-2-6-17-15-9-4-3-8-14(15)16(11-19)18(21-17)20-12-13-7-5-10-22-13/h5,7,10H,2-4,6,8-9,12H2,1H3,(H,20,21). The van der Waals surface area contributed by atoms with Crippen LogP contribution in [-0.4, -0.2) is 4.98 Å². The predicted molar refractivity (Wildman–Crippen MR) is 85.6 cm³/mol. The van der Waals surface area contributed by atoms with Crippen LogP contribution in [0, 0.1) is 11.3 Å². The molecule has 3 rings (SSSR count). The highest BCUT2D eigenvalue weighted by Gasteiger charge is 2.21. The van der Waals surface area contributed by atoms with E-state index in [0.29, 0.717) is 12.4 Å². The summed E-state index contributed by atoms with van der Waals surface area (Å²) in [7, 11) is 0. The largest absolute Gasteiger partial charge is 0.467 e. The maximum atomic E-state index is 9.60. The van der Waals surface area contributed by atoms with Gasteiger partial charge in [-0.2, -0.15) is 5.26 Å². The lowest BCUT2D eigenvalue weighted by molar-refractivity contribution is 0.517. The minimum Gasteiger partial charge on any atom is -0.467 e. The van der Waals surface area contributed by atoms with Gasteiger partial charge in [0.25, 0.3) is 0 Å². The van der Waals surface area contributed by atoms with Gasteiger partial charge >= 0.3 is 0 Å². The van der Waals surface area contributed by atoms with Crippen molar-refractivity contribution in [2.75, 3.05) is 5.32 Å². The van der Waals surface area contributed by atoms with Crippen molar-refractivity contribution < 1.29 is 4.42 Å². The highest BCUT2D eigenvalue weighted by Crippen LogP contribution is 2.31. The minimum atomic E-state index is 0.555. The number of aromatic nitrogens is 1. The SMILES string of the molecule is CCCc1nc(NCc2ccco2)c(C#N)c2c1CCCC2. The van der Waals surface area contributed by atoms with Crippen molar-refractivity contribution in [1.82, 2.24) is 4.98 Å². The molecule has 0 fully saturated rings. The predicted octanol–water partition coefficient (Wildman–Crippen LogP) is 3.99. The summed E-state index contributed by atoms with van der Waals surface area (Å²) in [5.41, 5.74) is 4.43. The van der Waals surface area contributed by atoms with Gasteiger partial charge in [-0.05, 0) is 55.4 Å². The molecule has 2 heterocycles. The Morgan fingerprint density at radius 3 is 2.82 bits per heavy atom. The average Bonchev–Trinajstić information content (AvgIpc) is 3.06. The van der Waals surface area contributed by atoms with Crippen LogP contribution in [-0.2, 0) is 25.8 Å². The molecular weight excluding hydrogens is 274 g/mol. The van der Waals surface area contributed by atoms with Gasteiger partial charge in [0.15, 0.2) is 0 Å². The normalized spacial score (nSPS) is 13.5. The van der Waals surface area contributed by atoms with Crippen molar-refractivity contribution >= 4 is 5.82 Å². The first-order chi connectivity index (χ1) is 10.8. The summed E-state index contributed by atoms with van der Waals surface area (Å²) >= 11 is 0. The Balaban J connectivity index is 1.97. The van der Waals surface area contributed by atoms with E-state index >= 15 is 0 Å². The second kappa shape index (κ2) is 6.65. The van der Waals surface area contributed by atoms with Gasteiger partial charge in [0.2, 0.25) is 0 Å². The van der Waals surface area contributed by atoms with E-state index in [-0.39, 0.29) is 0 Å². The van der Waals surface area contributed by atoms with Crippen LogP contribution in [0.3, 0.4) is 0 Å². The molecule has 0 spiro atoms. The van der Waals surface area contributed by atoms with E-state index in [9.17, 15) is 5.26 Å². The molecule has 1 aliphatic carbocycles. The van der Waals surface area contributed by atoms with Crippen molar-refractivity contribution in [3.8, 4) is 6.07 Å². The average molecular weight is 295 g/mol. The third-order valence-electron chi connectivity index (χ3n) is 4.21. The van der Waals surface area contributed by atoms with E-state index in [4.69, 9.17) is 9.40 Å². The summed E-state index contributed by atoms with van der Waals surface area (Å²) in [5, 5.41) is 12.9. The Kier molecular flexibility index (Phi) is 4.43. The summed E-state index contributed by atoms with van der Waals surface area (Å²) < 4.78 is 5.35. The van der Waals surface area contributed by atoms with Crippen LogP contribution < -0.4 is 5.32 Å². The minimum absolute atomic E-state index is 0.555. The molecule has 0 amide bonds. The Labute approximate surface area is 131 Å². The van der Waals surface area contributed by atoms with E-state index < -0.39 is 0 Å². The van der Waals surface area contributed by atoms with Crippen molar-refractivity contribution in [3.05, 3.63) is 46.5 Å². The molecule has 2 aromatic heterocycles. The first-order valence-corrected chi connectivity index (χ1v) is 8.04. The van der Waals surface area contributed by atoms with Gasteiger partial charge in [-0.25, -0.2) is 4.98 Å². The molecule has 0 atom stereocenters. The molecule has 4 nitrogen and oxygen atoms in total. The number of aryl methyl sites for hydroxylation is 1. The van der Waals surface area contributed by atoms with E-state index in [0.717, 1.165) is 49.1 Å². The Hall–Kier alpha value is -2.28. The molecule has 2 aromatic rings. The number of nitriles is 1. The Morgan fingerprint density at radius 1 is 1.32 bits per heavy atom. The summed E-state index contributed by atoms with van der Waals surface area (Å²) in [5.74, 6) is 1.56. The molecule has 0 aliphatic heterocycles. The number of nitrogens with one attached hydrogen (secondary N) is 1. The lowest BCUT2D eigenvalue weighted by Gasteiger charge is -2.22. The maximum absolute atomic E-state index is 9.60. The van der Waals surface area contributed by atoms with Crippen LogP contribution in [0.15, 0.2) is 22.8 Å². The lowest BCUT2D eigenvalue weighted by atomic mass is 9.87.